The van der Waals surface area contributed by atoms with E-state index in [1.54, 1.807) is 0 Å². The van der Waals surface area contributed by atoms with Gasteiger partial charge in [-0.2, -0.15) is 10.2 Å². The number of rotatable bonds is 5. The highest BCUT2D eigenvalue weighted by atomic mass is 15.3. The van der Waals surface area contributed by atoms with Gasteiger partial charge in [0.2, 0.25) is 0 Å². The maximum Gasteiger partial charge on any atom is 0.0832 e. The number of hydrazone groups is 2. The molecule has 0 rings (SSSR count). The van der Waals surface area contributed by atoms with E-state index in [0.29, 0.717) is 0 Å². The van der Waals surface area contributed by atoms with Crippen molar-refractivity contribution < 1.29 is 0 Å². The van der Waals surface area contributed by atoms with Gasteiger partial charge in [0.15, 0.2) is 0 Å². The number of hydrogen-bond acceptors (Lipinski definition) is 4. The van der Waals surface area contributed by atoms with E-state index in [-0.39, 0.29) is 11.1 Å². The molecule has 0 bridgehead atoms. The molecule has 0 atom stereocenters. The summed E-state index contributed by atoms with van der Waals surface area (Å²) in [6.45, 7) is 16.7. The van der Waals surface area contributed by atoms with Crippen molar-refractivity contribution in [3.63, 3.8) is 0 Å². The maximum absolute atomic E-state index is 4.48. The molecule has 0 aromatic rings. The first-order chi connectivity index (χ1) is 8.05. The normalized spacial score (nSPS) is 14.7. The molecular formula is C14H30N4. The van der Waals surface area contributed by atoms with Crippen molar-refractivity contribution >= 4 is 11.4 Å². The first kappa shape index (κ1) is 16.9. The van der Waals surface area contributed by atoms with Gasteiger partial charge < -0.3 is 10.9 Å². The molecule has 0 spiro atoms. The van der Waals surface area contributed by atoms with Gasteiger partial charge in [-0.3, -0.25) is 0 Å². The van der Waals surface area contributed by atoms with Crippen LogP contribution in [0.3, 0.4) is 0 Å². The van der Waals surface area contributed by atoms with Gasteiger partial charge in [-0.1, -0.05) is 13.3 Å². The average Bonchev–Trinajstić information content (AvgIpc) is 2.18. The standard InChI is InChI=1S/C14H30N4/c1-9-10-12(16-18-14(6,7)8)11(2)15-17-13(3,4)5/h17-18H,9-10H2,1-8H3. The fourth-order valence-corrected chi connectivity index (χ4v) is 1.11. The van der Waals surface area contributed by atoms with Crippen LogP contribution < -0.4 is 10.9 Å². The minimum Gasteiger partial charge on any atom is -0.305 e. The van der Waals surface area contributed by atoms with Crippen LogP contribution in [0.4, 0.5) is 0 Å². The number of nitrogens with zero attached hydrogens (tertiary/aromatic N) is 2. The van der Waals surface area contributed by atoms with Crippen molar-refractivity contribution in [1.82, 2.24) is 10.9 Å². The second kappa shape index (κ2) is 6.76. The lowest BCUT2D eigenvalue weighted by atomic mass is 10.1. The molecule has 0 amide bonds. The molecule has 0 aromatic heterocycles. The minimum atomic E-state index is -0.0178. The summed E-state index contributed by atoms with van der Waals surface area (Å²) in [7, 11) is 0. The largest absolute Gasteiger partial charge is 0.305 e. The van der Waals surface area contributed by atoms with Gasteiger partial charge in [0, 0.05) is 11.1 Å². The van der Waals surface area contributed by atoms with Crippen LogP contribution in [0.5, 0.6) is 0 Å². The lowest BCUT2D eigenvalue weighted by molar-refractivity contribution is 0.438. The predicted molar refractivity (Wildman–Crippen MR) is 81.2 cm³/mol. The topological polar surface area (TPSA) is 48.8 Å². The van der Waals surface area contributed by atoms with E-state index in [0.717, 1.165) is 24.3 Å². The van der Waals surface area contributed by atoms with Gasteiger partial charge in [-0.05, 0) is 54.9 Å². The summed E-state index contributed by atoms with van der Waals surface area (Å²) in [6, 6.07) is 0. The highest BCUT2D eigenvalue weighted by Gasteiger charge is 2.11. The smallest absolute Gasteiger partial charge is 0.0832 e. The van der Waals surface area contributed by atoms with Gasteiger partial charge in [0.05, 0.1) is 11.4 Å². The number of hydrogen-bond donors (Lipinski definition) is 2. The molecule has 0 aliphatic heterocycles. The van der Waals surface area contributed by atoms with Gasteiger partial charge in [-0.25, -0.2) is 0 Å². The fraction of sp³-hybridized carbons (Fsp3) is 0.857. The quantitative estimate of drug-likeness (QED) is 0.584. The van der Waals surface area contributed by atoms with E-state index in [1.807, 2.05) is 6.92 Å². The molecule has 0 fully saturated rings. The summed E-state index contributed by atoms with van der Waals surface area (Å²) in [6.07, 6.45) is 2.00. The molecule has 18 heavy (non-hydrogen) atoms. The summed E-state index contributed by atoms with van der Waals surface area (Å²) in [5.74, 6) is 0. The van der Waals surface area contributed by atoms with Crippen molar-refractivity contribution in [3.05, 3.63) is 0 Å². The van der Waals surface area contributed by atoms with Crippen LogP contribution in [-0.2, 0) is 0 Å². The highest BCUT2D eigenvalue weighted by molar-refractivity contribution is 6.41. The summed E-state index contributed by atoms with van der Waals surface area (Å²) in [5, 5.41) is 8.89. The Bertz CT molecular complexity index is 303. The van der Waals surface area contributed by atoms with E-state index < -0.39 is 0 Å². The molecule has 0 unspecified atom stereocenters. The third-order valence-electron chi connectivity index (χ3n) is 1.99. The molecule has 0 aliphatic rings. The summed E-state index contributed by atoms with van der Waals surface area (Å²) in [5.41, 5.74) is 8.23. The molecule has 2 N–H and O–H groups in total. The Morgan fingerprint density at radius 3 is 1.72 bits per heavy atom. The van der Waals surface area contributed by atoms with Crippen molar-refractivity contribution in [2.75, 3.05) is 0 Å². The van der Waals surface area contributed by atoms with Crippen LogP contribution in [-0.4, -0.2) is 22.5 Å². The van der Waals surface area contributed by atoms with E-state index in [1.165, 1.54) is 0 Å². The molecule has 106 valence electrons. The average molecular weight is 254 g/mol. The monoisotopic (exact) mass is 254 g/mol. The molecule has 0 aliphatic carbocycles. The highest BCUT2D eigenvalue weighted by Crippen LogP contribution is 2.02. The summed E-state index contributed by atoms with van der Waals surface area (Å²) < 4.78 is 0. The van der Waals surface area contributed by atoms with Crippen molar-refractivity contribution in [1.29, 1.82) is 0 Å². The summed E-state index contributed by atoms with van der Waals surface area (Å²) in [4.78, 5) is 0. The van der Waals surface area contributed by atoms with Gasteiger partial charge in [0.1, 0.15) is 0 Å². The second-order valence-electron chi connectivity index (χ2n) is 6.73. The molecule has 4 heteroatoms. The van der Waals surface area contributed by atoms with Gasteiger partial charge in [-0.15, -0.1) is 0 Å². The van der Waals surface area contributed by atoms with Crippen molar-refractivity contribution in [2.24, 2.45) is 10.2 Å². The van der Waals surface area contributed by atoms with Crippen LogP contribution in [0.1, 0.15) is 68.2 Å². The van der Waals surface area contributed by atoms with Gasteiger partial charge >= 0.3 is 0 Å². The van der Waals surface area contributed by atoms with Crippen molar-refractivity contribution in [3.8, 4) is 0 Å². The van der Waals surface area contributed by atoms with Gasteiger partial charge in [0.25, 0.3) is 0 Å². The molecule has 0 aromatic carbocycles. The van der Waals surface area contributed by atoms with Crippen LogP contribution in [0.2, 0.25) is 0 Å². The number of nitrogens with one attached hydrogen (secondary N) is 2. The van der Waals surface area contributed by atoms with Crippen LogP contribution in [0.25, 0.3) is 0 Å². The Hall–Kier alpha value is -1.06. The molecule has 0 radical (unpaired) electrons. The van der Waals surface area contributed by atoms with E-state index in [4.69, 9.17) is 0 Å². The Kier molecular flexibility index (Phi) is 6.36. The zero-order valence-electron chi connectivity index (χ0n) is 13.3. The Labute approximate surface area is 112 Å². The molecule has 0 heterocycles. The Morgan fingerprint density at radius 1 is 0.889 bits per heavy atom. The Morgan fingerprint density at radius 2 is 1.33 bits per heavy atom. The summed E-state index contributed by atoms with van der Waals surface area (Å²) >= 11 is 0. The lowest BCUT2D eigenvalue weighted by Crippen LogP contribution is -2.35. The predicted octanol–water partition coefficient (Wildman–Crippen LogP) is 3.29. The minimum absolute atomic E-state index is 0.0171. The van der Waals surface area contributed by atoms with E-state index >= 15 is 0 Å². The second-order valence-corrected chi connectivity index (χ2v) is 6.73. The first-order valence-corrected chi connectivity index (χ1v) is 6.71. The zero-order chi connectivity index (χ0) is 14.4. The molecule has 4 nitrogen and oxygen atoms in total. The Balaban J connectivity index is 4.78. The molecule has 0 saturated heterocycles. The third-order valence-corrected chi connectivity index (χ3v) is 1.99. The van der Waals surface area contributed by atoms with Crippen LogP contribution in [0.15, 0.2) is 10.2 Å². The zero-order valence-corrected chi connectivity index (χ0v) is 13.3. The van der Waals surface area contributed by atoms with Crippen LogP contribution >= 0.6 is 0 Å². The third kappa shape index (κ3) is 9.02. The van der Waals surface area contributed by atoms with E-state index in [9.17, 15) is 0 Å². The lowest BCUT2D eigenvalue weighted by Gasteiger charge is -2.20. The van der Waals surface area contributed by atoms with Crippen LogP contribution in [0, 0.1) is 0 Å². The first-order valence-electron chi connectivity index (χ1n) is 6.71. The molecule has 0 saturated carbocycles. The van der Waals surface area contributed by atoms with Crippen molar-refractivity contribution in [2.45, 2.75) is 79.3 Å². The van der Waals surface area contributed by atoms with E-state index in [2.05, 4.69) is 69.5 Å². The maximum atomic E-state index is 4.48. The SMILES string of the molecule is CCCC(=NNC(C)(C)C)C(C)=NNC(C)(C)C. The molecular weight excluding hydrogens is 224 g/mol. The fourth-order valence-electron chi connectivity index (χ4n) is 1.11.